The number of hydrogen-bond acceptors (Lipinski definition) is 3. The van der Waals surface area contributed by atoms with Crippen LogP contribution in [0.1, 0.15) is 15.9 Å². The fourth-order valence-electron chi connectivity index (χ4n) is 1.86. The monoisotopic (exact) mass is 295 g/mol. The van der Waals surface area contributed by atoms with E-state index in [-0.39, 0.29) is 18.0 Å². The van der Waals surface area contributed by atoms with E-state index in [0.29, 0.717) is 12.1 Å². The molecule has 0 saturated carbocycles. The minimum Gasteiger partial charge on any atom is -0.465 e. The summed E-state index contributed by atoms with van der Waals surface area (Å²) in [6.07, 6.45) is 0. The van der Waals surface area contributed by atoms with E-state index in [1.165, 1.54) is 13.2 Å². The molecule has 2 rings (SSSR count). The highest BCUT2D eigenvalue weighted by molar-refractivity contribution is 5.90. The van der Waals surface area contributed by atoms with Crippen molar-refractivity contribution in [3.05, 3.63) is 59.4 Å². The molecule has 106 valence electrons. The third-order valence-corrected chi connectivity index (χ3v) is 2.86. The predicted molar refractivity (Wildman–Crippen MR) is 78.3 cm³/mol. The fraction of sp³-hybridized carbons (Fsp3) is 0.133. The molecule has 2 aromatic carbocycles. The average Bonchev–Trinajstić information content (AvgIpc) is 2.46. The third kappa shape index (κ3) is 3.35. The Balaban J connectivity index is 0.00000200. The summed E-state index contributed by atoms with van der Waals surface area (Å²) in [6.45, 7) is 0.399. The van der Waals surface area contributed by atoms with Gasteiger partial charge in [0.1, 0.15) is 5.82 Å². The lowest BCUT2D eigenvalue weighted by molar-refractivity contribution is 0.0600. The van der Waals surface area contributed by atoms with E-state index in [2.05, 4.69) is 4.74 Å². The minimum absolute atomic E-state index is 0. The molecule has 20 heavy (non-hydrogen) atoms. The summed E-state index contributed by atoms with van der Waals surface area (Å²) in [5.41, 5.74) is 7.85. The van der Waals surface area contributed by atoms with Crippen LogP contribution in [0.15, 0.2) is 42.5 Å². The lowest BCUT2D eigenvalue weighted by Crippen LogP contribution is -2.02. The Morgan fingerprint density at radius 2 is 2.00 bits per heavy atom. The number of ether oxygens (including phenoxy) is 1. The van der Waals surface area contributed by atoms with Crippen molar-refractivity contribution in [3.63, 3.8) is 0 Å². The number of hydrogen-bond donors (Lipinski definition) is 1. The number of benzene rings is 2. The molecule has 0 atom stereocenters. The summed E-state index contributed by atoms with van der Waals surface area (Å²) in [5.74, 6) is -1.02. The van der Waals surface area contributed by atoms with Crippen molar-refractivity contribution in [1.29, 1.82) is 0 Å². The zero-order valence-corrected chi connectivity index (χ0v) is 11.7. The Bertz CT molecular complexity index is 617. The molecule has 0 aliphatic carbocycles. The molecular formula is C15H15ClFNO2. The molecule has 0 fully saturated rings. The van der Waals surface area contributed by atoms with Crippen molar-refractivity contribution in [3.8, 4) is 11.1 Å². The van der Waals surface area contributed by atoms with Crippen LogP contribution < -0.4 is 5.73 Å². The van der Waals surface area contributed by atoms with E-state index in [9.17, 15) is 9.18 Å². The lowest BCUT2D eigenvalue weighted by atomic mass is 10.0. The van der Waals surface area contributed by atoms with Gasteiger partial charge in [-0.2, -0.15) is 0 Å². The molecule has 0 heterocycles. The Hall–Kier alpha value is -1.91. The number of methoxy groups -OCH3 is 1. The summed E-state index contributed by atoms with van der Waals surface area (Å²) < 4.78 is 18.6. The molecule has 5 heteroatoms. The molecule has 0 aromatic heterocycles. The maximum atomic E-state index is 14.0. The molecule has 0 radical (unpaired) electrons. The number of rotatable bonds is 3. The smallest absolute Gasteiger partial charge is 0.337 e. The summed E-state index contributed by atoms with van der Waals surface area (Å²) in [5, 5.41) is 0. The molecule has 0 amide bonds. The number of carbonyl (C=O) groups is 1. The van der Waals surface area contributed by atoms with Crippen molar-refractivity contribution < 1.29 is 13.9 Å². The lowest BCUT2D eigenvalue weighted by Gasteiger charge is -2.07. The van der Waals surface area contributed by atoms with Crippen LogP contribution in [0, 0.1) is 5.82 Å². The highest BCUT2D eigenvalue weighted by Crippen LogP contribution is 2.24. The second kappa shape index (κ2) is 7.03. The van der Waals surface area contributed by atoms with Gasteiger partial charge in [0.25, 0.3) is 0 Å². The first-order chi connectivity index (χ1) is 9.15. The second-order valence-corrected chi connectivity index (χ2v) is 4.09. The molecular weight excluding hydrogens is 281 g/mol. The zero-order valence-electron chi connectivity index (χ0n) is 10.9. The fourth-order valence-corrected chi connectivity index (χ4v) is 1.86. The first-order valence-electron chi connectivity index (χ1n) is 5.83. The van der Waals surface area contributed by atoms with Crippen LogP contribution in [-0.2, 0) is 11.3 Å². The topological polar surface area (TPSA) is 52.3 Å². The molecule has 0 saturated heterocycles. The predicted octanol–water partition coefficient (Wildman–Crippen LogP) is 3.16. The quantitative estimate of drug-likeness (QED) is 0.885. The normalized spacial score (nSPS) is 9.75. The minimum atomic E-state index is -0.554. The highest BCUT2D eigenvalue weighted by atomic mass is 35.5. The Morgan fingerprint density at radius 3 is 2.60 bits per heavy atom. The van der Waals surface area contributed by atoms with Crippen LogP contribution in [-0.4, -0.2) is 13.1 Å². The van der Waals surface area contributed by atoms with Gasteiger partial charge in [0.2, 0.25) is 0 Å². The van der Waals surface area contributed by atoms with Crippen molar-refractivity contribution in [2.45, 2.75) is 6.54 Å². The summed E-state index contributed by atoms with van der Waals surface area (Å²) >= 11 is 0. The van der Waals surface area contributed by atoms with Gasteiger partial charge in [-0.3, -0.25) is 0 Å². The van der Waals surface area contributed by atoms with E-state index < -0.39 is 11.8 Å². The maximum absolute atomic E-state index is 14.0. The van der Waals surface area contributed by atoms with Gasteiger partial charge in [0.15, 0.2) is 0 Å². The molecule has 2 N–H and O–H groups in total. The van der Waals surface area contributed by atoms with Crippen molar-refractivity contribution >= 4 is 18.4 Å². The Labute approximate surface area is 123 Å². The zero-order chi connectivity index (χ0) is 13.8. The van der Waals surface area contributed by atoms with Crippen molar-refractivity contribution in [1.82, 2.24) is 0 Å². The number of nitrogens with two attached hydrogens (primary N) is 1. The SMILES string of the molecule is COC(=O)c1ccc(-c2cccc(CN)c2)c(F)c1.Cl. The van der Waals surface area contributed by atoms with E-state index in [4.69, 9.17) is 5.73 Å². The van der Waals surface area contributed by atoms with Crippen LogP contribution in [0.5, 0.6) is 0 Å². The van der Waals surface area contributed by atoms with Gasteiger partial charge >= 0.3 is 5.97 Å². The molecule has 0 bridgehead atoms. The first kappa shape index (κ1) is 16.1. The van der Waals surface area contributed by atoms with E-state index in [0.717, 1.165) is 11.1 Å². The van der Waals surface area contributed by atoms with Gasteiger partial charge in [0, 0.05) is 12.1 Å². The maximum Gasteiger partial charge on any atom is 0.337 e. The first-order valence-corrected chi connectivity index (χ1v) is 5.83. The molecule has 0 aliphatic heterocycles. The van der Waals surface area contributed by atoms with Gasteiger partial charge in [-0.1, -0.05) is 24.3 Å². The summed E-state index contributed by atoms with van der Waals surface area (Å²) in [6, 6.07) is 11.6. The van der Waals surface area contributed by atoms with Crippen LogP contribution in [0.3, 0.4) is 0 Å². The van der Waals surface area contributed by atoms with Gasteiger partial charge < -0.3 is 10.5 Å². The van der Waals surface area contributed by atoms with E-state index in [1.807, 2.05) is 18.2 Å². The second-order valence-electron chi connectivity index (χ2n) is 4.09. The van der Waals surface area contributed by atoms with Crippen molar-refractivity contribution in [2.24, 2.45) is 5.73 Å². The van der Waals surface area contributed by atoms with Crippen LogP contribution in [0.25, 0.3) is 11.1 Å². The van der Waals surface area contributed by atoms with Crippen LogP contribution in [0.4, 0.5) is 4.39 Å². The van der Waals surface area contributed by atoms with Gasteiger partial charge in [-0.15, -0.1) is 12.4 Å². The van der Waals surface area contributed by atoms with Crippen molar-refractivity contribution in [2.75, 3.05) is 7.11 Å². The van der Waals surface area contributed by atoms with Gasteiger partial charge in [-0.05, 0) is 29.3 Å². The Kier molecular flexibility index (Phi) is 5.67. The standard InChI is InChI=1S/C15H14FNO2.ClH/c1-19-15(18)12-5-6-13(14(16)8-12)11-4-2-3-10(7-11)9-17;/h2-8H,9,17H2,1H3;1H. The number of esters is 1. The molecule has 0 spiro atoms. The van der Waals surface area contributed by atoms with Crippen LogP contribution >= 0.6 is 12.4 Å². The van der Waals surface area contributed by atoms with Gasteiger partial charge in [0.05, 0.1) is 12.7 Å². The van der Waals surface area contributed by atoms with Gasteiger partial charge in [-0.25, -0.2) is 9.18 Å². The number of carbonyl (C=O) groups excluding carboxylic acids is 1. The highest BCUT2D eigenvalue weighted by Gasteiger charge is 2.11. The third-order valence-electron chi connectivity index (χ3n) is 2.86. The molecule has 2 aromatic rings. The van der Waals surface area contributed by atoms with Crippen LogP contribution in [0.2, 0.25) is 0 Å². The summed E-state index contributed by atoms with van der Waals surface area (Å²) in [4.78, 5) is 11.3. The molecule has 3 nitrogen and oxygen atoms in total. The number of halogens is 2. The molecule has 0 aliphatic rings. The Morgan fingerprint density at radius 1 is 1.25 bits per heavy atom. The summed E-state index contributed by atoms with van der Waals surface area (Å²) in [7, 11) is 1.26. The van der Waals surface area contributed by atoms with E-state index >= 15 is 0 Å². The molecule has 0 unspecified atom stereocenters. The van der Waals surface area contributed by atoms with E-state index in [1.54, 1.807) is 18.2 Å². The average molecular weight is 296 g/mol. The largest absolute Gasteiger partial charge is 0.465 e.